The first-order chi connectivity index (χ1) is 6.31. The van der Waals surface area contributed by atoms with Crippen molar-refractivity contribution in [2.75, 3.05) is 6.26 Å². The molecule has 0 unspecified atom stereocenters. The molecule has 2 rings (SSSR count). The lowest BCUT2D eigenvalue weighted by Gasteiger charge is -2.09. The van der Waals surface area contributed by atoms with Crippen LogP contribution in [0.4, 0.5) is 0 Å². The molecule has 1 aromatic rings. The Morgan fingerprint density at radius 2 is 2.23 bits per heavy atom. The number of hydrogen-bond acceptors (Lipinski definition) is 2. The molecule has 1 saturated carbocycles. The third-order valence-corrected chi connectivity index (χ3v) is 3.21. The molecular formula is C10H11ClOS. The van der Waals surface area contributed by atoms with Crippen molar-refractivity contribution in [2.45, 2.75) is 23.8 Å². The average molecular weight is 215 g/mol. The number of hydrogen-bond donors (Lipinski definition) is 0. The summed E-state index contributed by atoms with van der Waals surface area (Å²) in [6.07, 6.45) is 4.81. The second-order valence-corrected chi connectivity index (χ2v) is 4.31. The maximum Gasteiger partial charge on any atom is 0.134 e. The summed E-state index contributed by atoms with van der Waals surface area (Å²) >= 11 is 7.67. The van der Waals surface area contributed by atoms with Gasteiger partial charge < -0.3 is 4.74 Å². The van der Waals surface area contributed by atoms with Crippen LogP contribution in [0.5, 0.6) is 5.75 Å². The standard InChI is InChI=1S/C10H11ClOS/c1-13-10-8(11)3-2-4-9(10)12-7-5-6-7/h2-4,7H,5-6H2,1H3. The second-order valence-electron chi connectivity index (χ2n) is 3.09. The summed E-state index contributed by atoms with van der Waals surface area (Å²) in [6, 6.07) is 5.81. The smallest absolute Gasteiger partial charge is 0.134 e. The van der Waals surface area contributed by atoms with Gasteiger partial charge >= 0.3 is 0 Å². The van der Waals surface area contributed by atoms with Gasteiger partial charge in [-0.3, -0.25) is 0 Å². The van der Waals surface area contributed by atoms with Gasteiger partial charge in [-0.2, -0.15) is 0 Å². The van der Waals surface area contributed by atoms with E-state index in [0.29, 0.717) is 6.10 Å². The van der Waals surface area contributed by atoms with Crippen LogP contribution < -0.4 is 4.74 Å². The summed E-state index contributed by atoms with van der Waals surface area (Å²) in [4.78, 5) is 1.05. The minimum Gasteiger partial charge on any atom is -0.489 e. The fourth-order valence-corrected chi connectivity index (χ4v) is 2.12. The van der Waals surface area contributed by atoms with Crippen LogP contribution in [-0.4, -0.2) is 12.4 Å². The van der Waals surface area contributed by atoms with Gasteiger partial charge in [0.1, 0.15) is 5.75 Å². The first-order valence-corrected chi connectivity index (χ1v) is 5.90. The molecule has 0 heterocycles. The Labute approximate surface area is 87.4 Å². The van der Waals surface area contributed by atoms with E-state index < -0.39 is 0 Å². The van der Waals surface area contributed by atoms with E-state index in [2.05, 4.69) is 0 Å². The van der Waals surface area contributed by atoms with Crippen LogP contribution in [-0.2, 0) is 0 Å². The molecule has 13 heavy (non-hydrogen) atoms. The van der Waals surface area contributed by atoms with E-state index in [9.17, 15) is 0 Å². The van der Waals surface area contributed by atoms with Crippen molar-refractivity contribution in [2.24, 2.45) is 0 Å². The van der Waals surface area contributed by atoms with Crippen LogP contribution in [0.2, 0.25) is 5.02 Å². The van der Waals surface area contributed by atoms with Gasteiger partial charge in [-0.15, -0.1) is 11.8 Å². The highest BCUT2D eigenvalue weighted by Crippen LogP contribution is 2.37. The van der Waals surface area contributed by atoms with Gasteiger partial charge in [0.05, 0.1) is 16.0 Å². The molecule has 3 heteroatoms. The Balaban J connectivity index is 2.25. The Morgan fingerprint density at radius 3 is 2.85 bits per heavy atom. The molecule has 0 N–H and O–H groups in total. The molecule has 0 radical (unpaired) electrons. The van der Waals surface area contributed by atoms with E-state index in [1.165, 1.54) is 12.8 Å². The minimum atomic E-state index is 0.435. The van der Waals surface area contributed by atoms with Crippen LogP contribution in [0.15, 0.2) is 23.1 Å². The monoisotopic (exact) mass is 214 g/mol. The molecule has 0 atom stereocenters. The molecule has 0 spiro atoms. The number of benzene rings is 1. The minimum absolute atomic E-state index is 0.435. The summed E-state index contributed by atoms with van der Waals surface area (Å²) in [7, 11) is 0. The van der Waals surface area contributed by atoms with E-state index in [1.807, 2.05) is 24.5 Å². The molecule has 0 saturated heterocycles. The van der Waals surface area contributed by atoms with Crippen LogP contribution in [0.3, 0.4) is 0 Å². The number of ether oxygens (including phenoxy) is 1. The zero-order valence-corrected chi connectivity index (χ0v) is 8.99. The highest BCUT2D eigenvalue weighted by atomic mass is 35.5. The van der Waals surface area contributed by atoms with Gasteiger partial charge in [0.2, 0.25) is 0 Å². The van der Waals surface area contributed by atoms with E-state index in [-0.39, 0.29) is 0 Å². The number of halogens is 1. The number of rotatable bonds is 3. The highest BCUT2D eigenvalue weighted by Gasteiger charge is 2.24. The third-order valence-electron chi connectivity index (χ3n) is 1.95. The molecule has 0 amide bonds. The van der Waals surface area contributed by atoms with Crippen molar-refractivity contribution in [1.82, 2.24) is 0 Å². The predicted molar refractivity (Wildman–Crippen MR) is 56.9 cm³/mol. The van der Waals surface area contributed by atoms with Gasteiger partial charge in [-0.05, 0) is 31.2 Å². The van der Waals surface area contributed by atoms with Crippen LogP contribution in [0.1, 0.15) is 12.8 Å². The average Bonchev–Trinajstić information content (AvgIpc) is 2.89. The predicted octanol–water partition coefficient (Wildman–Crippen LogP) is 3.60. The van der Waals surface area contributed by atoms with Crippen LogP contribution >= 0.6 is 23.4 Å². The molecule has 1 fully saturated rings. The Morgan fingerprint density at radius 1 is 1.46 bits per heavy atom. The number of thioether (sulfide) groups is 1. The molecule has 70 valence electrons. The second kappa shape index (κ2) is 3.81. The maximum atomic E-state index is 6.03. The zero-order valence-electron chi connectivity index (χ0n) is 7.42. The molecule has 1 aliphatic carbocycles. The van der Waals surface area contributed by atoms with Crippen molar-refractivity contribution < 1.29 is 4.74 Å². The van der Waals surface area contributed by atoms with Crippen molar-refractivity contribution in [3.05, 3.63) is 23.2 Å². The molecule has 0 bridgehead atoms. The zero-order chi connectivity index (χ0) is 9.26. The lowest BCUT2D eigenvalue weighted by Crippen LogP contribution is -1.97. The Bertz CT molecular complexity index is 310. The lowest BCUT2D eigenvalue weighted by molar-refractivity contribution is 0.296. The summed E-state index contributed by atoms with van der Waals surface area (Å²) in [5, 5.41) is 0.783. The normalized spacial score (nSPS) is 15.8. The first-order valence-electron chi connectivity index (χ1n) is 4.30. The third kappa shape index (κ3) is 2.12. The molecule has 1 aromatic carbocycles. The summed E-state index contributed by atoms with van der Waals surface area (Å²) in [5.41, 5.74) is 0. The Kier molecular flexibility index (Phi) is 2.70. The van der Waals surface area contributed by atoms with Crippen molar-refractivity contribution >= 4 is 23.4 Å². The maximum absolute atomic E-state index is 6.03. The van der Waals surface area contributed by atoms with E-state index in [0.717, 1.165) is 15.7 Å². The quantitative estimate of drug-likeness (QED) is 0.711. The first kappa shape index (κ1) is 9.22. The van der Waals surface area contributed by atoms with E-state index >= 15 is 0 Å². The van der Waals surface area contributed by atoms with E-state index in [1.54, 1.807) is 11.8 Å². The molecule has 1 aliphatic rings. The van der Waals surface area contributed by atoms with Gasteiger partial charge in [0.15, 0.2) is 0 Å². The molecule has 0 aliphatic heterocycles. The van der Waals surface area contributed by atoms with Crippen molar-refractivity contribution in [3.63, 3.8) is 0 Å². The lowest BCUT2D eigenvalue weighted by atomic mass is 10.3. The summed E-state index contributed by atoms with van der Waals surface area (Å²) in [5.74, 6) is 0.933. The fraction of sp³-hybridized carbons (Fsp3) is 0.400. The van der Waals surface area contributed by atoms with Crippen LogP contribution in [0, 0.1) is 0 Å². The summed E-state index contributed by atoms with van der Waals surface area (Å²) < 4.78 is 5.72. The largest absolute Gasteiger partial charge is 0.489 e. The van der Waals surface area contributed by atoms with Gasteiger partial charge in [-0.25, -0.2) is 0 Å². The van der Waals surface area contributed by atoms with Gasteiger partial charge in [-0.1, -0.05) is 17.7 Å². The fourth-order valence-electron chi connectivity index (χ4n) is 1.15. The van der Waals surface area contributed by atoms with Crippen molar-refractivity contribution in [3.8, 4) is 5.75 Å². The molecule has 1 nitrogen and oxygen atoms in total. The topological polar surface area (TPSA) is 9.23 Å². The SMILES string of the molecule is CSc1c(Cl)cccc1OC1CC1. The van der Waals surface area contributed by atoms with Gasteiger partial charge in [0, 0.05) is 0 Å². The highest BCUT2D eigenvalue weighted by molar-refractivity contribution is 7.98. The summed E-state index contributed by atoms with van der Waals surface area (Å²) in [6.45, 7) is 0. The Hall–Kier alpha value is -0.340. The van der Waals surface area contributed by atoms with Gasteiger partial charge in [0.25, 0.3) is 0 Å². The molecule has 0 aromatic heterocycles. The molecular weight excluding hydrogens is 204 g/mol. The van der Waals surface area contributed by atoms with Crippen molar-refractivity contribution in [1.29, 1.82) is 0 Å². The van der Waals surface area contributed by atoms with Crippen LogP contribution in [0.25, 0.3) is 0 Å². The van der Waals surface area contributed by atoms with E-state index in [4.69, 9.17) is 16.3 Å².